The Bertz CT molecular complexity index is 877. The van der Waals surface area contributed by atoms with Gasteiger partial charge in [-0.25, -0.2) is 0 Å². The second-order valence-electron chi connectivity index (χ2n) is 15.5. The first-order valence-electron chi connectivity index (χ1n) is 22.6. The minimum atomic E-state index is -0.926. The number of rotatable bonds is 39. The molecule has 0 bridgehead atoms. The van der Waals surface area contributed by atoms with Crippen LogP contribution < -0.4 is 0 Å². The molecular weight excluding hydrogens is 639 g/mol. The first-order valence-corrected chi connectivity index (χ1v) is 22.6. The van der Waals surface area contributed by atoms with Crippen molar-refractivity contribution in [3.63, 3.8) is 0 Å². The number of carbonyl (C=O) groups excluding carboxylic acids is 1. The fourth-order valence-electron chi connectivity index (χ4n) is 6.77. The molecule has 0 aromatic heterocycles. The Balaban J connectivity index is 4.51. The van der Waals surface area contributed by atoms with E-state index in [4.69, 9.17) is 4.74 Å². The molecule has 4 heteroatoms. The Morgan fingerprint density at radius 3 is 1.48 bits per heavy atom. The van der Waals surface area contributed by atoms with Gasteiger partial charge >= 0.3 is 5.97 Å². The number of allylic oxidation sites excluding steroid dienone is 8. The van der Waals surface area contributed by atoms with E-state index in [9.17, 15) is 9.90 Å². The van der Waals surface area contributed by atoms with Crippen LogP contribution in [0.3, 0.4) is 0 Å². The van der Waals surface area contributed by atoms with Gasteiger partial charge in [-0.3, -0.25) is 4.79 Å². The number of unbranched alkanes of at least 4 members (excludes halogenated alkanes) is 19. The predicted molar refractivity (Wildman–Crippen MR) is 230 cm³/mol. The summed E-state index contributed by atoms with van der Waals surface area (Å²) in [7, 11) is 2.12. The summed E-state index contributed by atoms with van der Waals surface area (Å²) in [5.41, 5.74) is -0.926. The molecule has 0 aliphatic rings. The van der Waals surface area contributed by atoms with Crippen LogP contribution in [0, 0.1) is 0 Å². The molecule has 4 nitrogen and oxygen atoms in total. The van der Waals surface area contributed by atoms with Crippen LogP contribution in [0.5, 0.6) is 0 Å². The highest BCUT2D eigenvalue weighted by molar-refractivity contribution is 5.69. The molecule has 0 saturated heterocycles. The Morgan fingerprint density at radius 1 is 0.577 bits per heavy atom. The van der Waals surface area contributed by atoms with Crippen LogP contribution in [0.2, 0.25) is 0 Å². The van der Waals surface area contributed by atoms with E-state index in [0.29, 0.717) is 12.8 Å². The quantitative estimate of drug-likeness (QED) is 0.0389. The normalized spacial score (nSPS) is 14.1. The largest absolute Gasteiger partial charge is 0.459 e. The molecule has 304 valence electrons. The molecule has 0 amide bonds. The van der Waals surface area contributed by atoms with E-state index >= 15 is 0 Å². The van der Waals surface area contributed by atoms with E-state index in [1.165, 1.54) is 116 Å². The van der Waals surface area contributed by atoms with Crippen molar-refractivity contribution < 1.29 is 14.6 Å². The Hall–Kier alpha value is -1.65. The third-order valence-electron chi connectivity index (χ3n) is 10.7. The molecule has 0 rings (SSSR count). The Labute approximate surface area is 325 Å². The van der Waals surface area contributed by atoms with Gasteiger partial charge in [-0.15, -0.1) is 0 Å². The average Bonchev–Trinajstić information content (AvgIpc) is 3.15. The molecule has 0 spiro atoms. The van der Waals surface area contributed by atoms with Crippen LogP contribution in [0.4, 0.5) is 0 Å². The van der Waals surface area contributed by atoms with Gasteiger partial charge in [-0.1, -0.05) is 160 Å². The van der Waals surface area contributed by atoms with Gasteiger partial charge in [-0.05, 0) is 123 Å². The van der Waals surface area contributed by atoms with E-state index in [2.05, 4.69) is 88.3 Å². The summed E-state index contributed by atoms with van der Waals surface area (Å²) in [5.74, 6) is -0.131. The standard InChI is InChI=1S/C48H89NO3/c1-6-10-12-14-16-18-20-22-24-26-28-30-32-34-36-38-42-46(52-47(50)43-39-41-45-49(5)9-4)48(51,8-3)44-40-37-35-33-31-29-27-25-23-21-19-17-15-13-11-7-2/h16-19,22-25,46,51H,6-15,20-21,26-45H2,1-5H3/b18-16-,19-17-,24-22-,25-23-. The Morgan fingerprint density at radius 2 is 1.02 bits per heavy atom. The maximum Gasteiger partial charge on any atom is 0.306 e. The number of esters is 1. The number of ether oxygens (including phenoxy) is 1. The minimum Gasteiger partial charge on any atom is -0.459 e. The molecule has 0 radical (unpaired) electrons. The third kappa shape index (κ3) is 33.0. The zero-order chi connectivity index (χ0) is 38.2. The molecule has 0 aromatic carbocycles. The number of hydrogen-bond acceptors (Lipinski definition) is 4. The summed E-state index contributed by atoms with van der Waals surface area (Å²) in [6, 6.07) is 0. The van der Waals surface area contributed by atoms with E-state index in [0.717, 1.165) is 77.3 Å². The van der Waals surface area contributed by atoms with Crippen molar-refractivity contribution >= 4 is 5.97 Å². The van der Waals surface area contributed by atoms with E-state index < -0.39 is 11.7 Å². The molecule has 1 N–H and O–H groups in total. The van der Waals surface area contributed by atoms with E-state index in [1.807, 2.05) is 0 Å². The monoisotopic (exact) mass is 728 g/mol. The SMILES string of the molecule is CCCCC/C=C\C/C=C\CCCCCCCCC(OC(=O)CCCCN(C)CC)C(O)(CC)CCCCCCCC/C=C\C/C=C\CCCCC. The van der Waals surface area contributed by atoms with Gasteiger partial charge in [-0.2, -0.15) is 0 Å². The summed E-state index contributed by atoms with van der Waals surface area (Å²) < 4.78 is 6.12. The highest BCUT2D eigenvalue weighted by Gasteiger charge is 2.37. The van der Waals surface area contributed by atoms with Crippen molar-refractivity contribution in [2.45, 2.75) is 232 Å². The van der Waals surface area contributed by atoms with Crippen molar-refractivity contribution in [2.75, 3.05) is 20.1 Å². The lowest BCUT2D eigenvalue weighted by atomic mass is 9.84. The second-order valence-corrected chi connectivity index (χ2v) is 15.5. The molecule has 0 saturated carbocycles. The van der Waals surface area contributed by atoms with Crippen molar-refractivity contribution in [3.05, 3.63) is 48.6 Å². The lowest BCUT2D eigenvalue weighted by molar-refractivity contribution is -0.168. The van der Waals surface area contributed by atoms with Gasteiger partial charge in [0, 0.05) is 6.42 Å². The molecule has 0 heterocycles. The average molecular weight is 728 g/mol. The van der Waals surface area contributed by atoms with Gasteiger partial charge in [0.25, 0.3) is 0 Å². The Kier molecular flexibility index (Phi) is 37.8. The maximum absolute atomic E-state index is 13.0. The van der Waals surface area contributed by atoms with Crippen LogP contribution in [-0.4, -0.2) is 47.8 Å². The molecule has 2 atom stereocenters. The fraction of sp³-hybridized carbons (Fsp3) is 0.812. The van der Waals surface area contributed by atoms with Crippen LogP contribution in [0.15, 0.2) is 48.6 Å². The molecule has 0 aliphatic carbocycles. The first-order chi connectivity index (χ1) is 25.4. The number of carbonyl (C=O) groups is 1. The zero-order valence-corrected chi connectivity index (χ0v) is 35.5. The smallest absolute Gasteiger partial charge is 0.306 e. The van der Waals surface area contributed by atoms with Crippen LogP contribution >= 0.6 is 0 Å². The molecule has 0 aromatic rings. The van der Waals surface area contributed by atoms with Crippen LogP contribution in [0.25, 0.3) is 0 Å². The number of nitrogens with zero attached hydrogens (tertiary/aromatic N) is 1. The van der Waals surface area contributed by atoms with Crippen molar-refractivity contribution in [3.8, 4) is 0 Å². The number of aliphatic hydroxyl groups is 1. The predicted octanol–water partition coefficient (Wildman–Crippen LogP) is 14.6. The number of hydrogen-bond donors (Lipinski definition) is 1. The van der Waals surface area contributed by atoms with Crippen molar-refractivity contribution in [1.82, 2.24) is 4.90 Å². The fourth-order valence-corrected chi connectivity index (χ4v) is 6.77. The molecule has 2 unspecified atom stereocenters. The van der Waals surface area contributed by atoms with Gasteiger partial charge in [0.15, 0.2) is 0 Å². The second kappa shape index (κ2) is 39.1. The van der Waals surface area contributed by atoms with Crippen molar-refractivity contribution in [1.29, 1.82) is 0 Å². The van der Waals surface area contributed by atoms with Gasteiger partial charge in [0.2, 0.25) is 0 Å². The van der Waals surface area contributed by atoms with Crippen LogP contribution in [-0.2, 0) is 9.53 Å². The molecule has 0 aliphatic heterocycles. The van der Waals surface area contributed by atoms with E-state index in [-0.39, 0.29) is 5.97 Å². The van der Waals surface area contributed by atoms with E-state index in [1.54, 1.807) is 0 Å². The van der Waals surface area contributed by atoms with Gasteiger partial charge < -0.3 is 14.7 Å². The highest BCUT2D eigenvalue weighted by atomic mass is 16.6. The topological polar surface area (TPSA) is 49.8 Å². The summed E-state index contributed by atoms with van der Waals surface area (Å²) in [5, 5.41) is 11.8. The maximum atomic E-state index is 13.0. The summed E-state index contributed by atoms with van der Waals surface area (Å²) in [6.07, 6.45) is 51.7. The summed E-state index contributed by atoms with van der Waals surface area (Å²) in [6.45, 7) is 10.8. The van der Waals surface area contributed by atoms with Crippen LogP contribution in [0.1, 0.15) is 220 Å². The lowest BCUT2D eigenvalue weighted by Gasteiger charge is -2.35. The lowest BCUT2D eigenvalue weighted by Crippen LogP contribution is -2.44. The highest BCUT2D eigenvalue weighted by Crippen LogP contribution is 2.30. The van der Waals surface area contributed by atoms with Crippen molar-refractivity contribution in [2.24, 2.45) is 0 Å². The van der Waals surface area contributed by atoms with Gasteiger partial charge in [0.05, 0.1) is 0 Å². The van der Waals surface area contributed by atoms with Gasteiger partial charge in [0.1, 0.15) is 11.7 Å². The molecular formula is C48H89NO3. The zero-order valence-electron chi connectivity index (χ0n) is 35.5. The molecule has 52 heavy (non-hydrogen) atoms. The summed E-state index contributed by atoms with van der Waals surface area (Å²) >= 11 is 0. The summed E-state index contributed by atoms with van der Waals surface area (Å²) in [4.78, 5) is 15.2. The first kappa shape index (κ1) is 50.4. The molecule has 0 fully saturated rings. The minimum absolute atomic E-state index is 0.131. The third-order valence-corrected chi connectivity index (χ3v) is 10.7.